The quantitative estimate of drug-likeness (QED) is 0.861. The van der Waals surface area contributed by atoms with E-state index in [1.807, 2.05) is 0 Å². The summed E-state index contributed by atoms with van der Waals surface area (Å²) in [5.41, 5.74) is 7.80. The topological polar surface area (TPSA) is 29.3 Å². The largest absolute Gasteiger partial charge is 0.371 e. The molecule has 0 unspecified atom stereocenters. The molecule has 2 N–H and O–H groups in total. The van der Waals surface area contributed by atoms with E-state index in [1.54, 1.807) is 0 Å². The van der Waals surface area contributed by atoms with Crippen LogP contribution in [0.1, 0.15) is 32.6 Å². The maximum Gasteiger partial charge on any atom is 0.0445 e. The number of anilines is 1. The third-order valence-corrected chi connectivity index (χ3v) is 5.25. The maximum absolute atomic E-state index is 6.01. The Kier molecular flexibility index (Phi) is 4.16. The minimum Gasteiger partial charge on any atom is -0.371 e. The van der Waals surface area contributed by atoms with Crippen molar-refractivity contribution in [3.05, 3.63) is 42.5 Å². The molecule has 0 bridgehead atoms. The summed E-state index contributed by atoms with van der Waals surface area (Å²) in [4.78, 5) is 2.51. The predicted octanol–water partition coefficient (Wildman–Crippen LogP) is 4.19. The van der Waals surface area contributed by atoms with Gasteiger partial charge in [-0.3, -0.25) is 0 Å². The van der Waals surface area contributed by atoms with E-state index in [0.717, 1.165) is 19.6 Å². The molecule has 2 aromatic rings. The third-order valence-electron chi connectivity index (χ3n) is 5.25. The van der Waals surface area contributed by atoms with Crippen molar-refractivity contribution in [2.75, 3.05) is 24.5 Å². The molecule has 0 saturated heterocycles. The molecule has 0 radical (unpaired) electrons. The van der Waals surface area contributed by atoms with Crippen LogP contribution in [0.5, 0.6) is 0 Å². The highest BCUT2D eigenvalue weighted by Crippen LogP contribution is 2.43. The van der Waals surface area contributed by atoms with Gasteiger partial charge in [-0.1, -0.05) is 42.8 Å². The van der Waals surface area contributed by atoms with Gasteiger partial charge in [-0.25, -0.2) is 0 Å². The van der Waals surface area contributed by atoms with E-state index in [9.17, 15) is 0 Å². The van der Waals surface area contributed by atoms with Crippen molar-refractivity contribution in [3.8, 4) is 0 Å². The Labute approximate surface area is 127 Å². The van der Waals surface area contributed by atoms with Gasteiger partial charge >= 0.3 is 0 Å². The number of nitrogens with zero attached hydrogens (tertiary/aromatic N) is 1. The van der Waals surface area contributed by atoms with Crippen LogP contribution in [0.3, 0.4) is 0 Å². The average molecular weight is 282 g/mol. The van der Waals surface area contributed by atoms with Gasteiger partial charge in [0.2, 0.25) is 0 Å². The zero-order valence-corrected chi connectivity index (χ0v) is 13.0. The monoisotopic (exact) mass is 282 g/mol. The van der Waals surface area contributed by atoms with Crippen LogP contribution < -0.4 is 10.6 Å². The Morgan fingerprint density at radius 2 is 1.86 bits per heavy atom. The second-order valence-corrected chi connectivity index (χ2v) is 6.39. The Hall–Kier alpha value is -1.54. The summed E-state index contributed by atoms with van der Waals surface area (Å²) in [7, 11) is 0. The fraction of sp³-hybridized carbons (Fsp3) is 0.474. The van der Waals surface area contributed by atoms with E-state index in [0.29, 0.717) is 5.41 Å². The van der Waals surface area contributed by atoms with Crippen molar-refractivity contribution in [1.82, 2.24) is 0 Å². The molecule has 1 aliphatic rings. The van der Waals surface area contributed by atoms with E-state index >= 15 is 0 Å². The van der Waals surface area contributed by atoms with Crippen LogP contribution >= 0.6 is 0 Å². The lowest BCUT2D eigenvalue weighted by atomic mass is 9.66. The highest BCUT2D eigenvalue weighted by atomic mass is 15.1. The van der Waals surface area contributed by atoms with Crippen molar-refractivity contribution in [2.24, 2.45) is 11.1 Å². The van der Waals surface area contributed by atoms with Crippen LogP contribution in [0.2, 0.25) is 0 Å². The standard InChI is InChI=1S/C19H26N2/c1-2-21(14-13-19(15-20)11-6-12-19)18-10-5-8-16-7-3-4-9-17(16)18/h3-5,7-10H,2,6,11-15,20H2,1H3. The lowest BCUT2D eigenvalue weighted by Crippen LogP contribution is -2.40. The lowest BCUT2D eigenvalue weighted by Gasteiger charge is -2.42. The fourth-order valence-electron chi connectivity index (χ4n) is 3.54. The van der Waals surface area contributed by atoms with Gasteiger partial charge in [-0.2, -0.15) is 0 Å². The summed E-state index contributed by atoms with van der Waals surface area (Å²) in [6.07, 6.45) is 5.21. The number of benzene rings is 2. The summed E-state index contributed by atoms with van der Waals surface area (Å²) < 4.78 is 0. The van der Waals surface area contributed by atoms with E-state index in [4.69, 9.17) is 5.73 Å². The van der Waals surface area contributed by atoms with Crippen LogP contribution in [0, 0.1) is 5.41 Å². The van der Waals surface area contributed by atoms with Crippen molar-refractivity contribution < 1.29 is 0 Å². The van der Waals surface area contributed by atoms with Crippen molar-refractivity contribution in [2.45, 2.75) is 32.6 Å². The van der Waals surface area contributed by atoms with E-state index < -0.39 is 0 Å². The number of nitrogens with two attached hydrogens (primary N) is 1. The van der Waals surface area contributed by atoms with Crippen molar-refractivity contribution in [1.29, 1.82) is 0 Å². The smallest absolute Gasteiger partial charge is 0.0445 e. The van der Waals surface area contributed by atoms with E-state index in [2.05, 4.69) is 54.3 Å². The second-order valence-electron chi connectivity index (χ2n) is 6.39. The second kappa shape index (κ2) is 6.07. The van der Waals surface area contributed by atoms with Gasteiger partial charge in [-0.05, 0) is 49.6 Å². The number of hydrogen-bond donors (Lipinski definition) is 1. The van der Waals surface area contributed by atoms with Crippen LogP contribution in [-0.4, -0.2) is 19.6 Å². The first-order chi connectivity index (χ1) is 10.3. The number of fused-ring (bicyclic) bond motifs is 1. The summed E-state index contributed by atoms with van der Waals surface area (Å²) in [5.74, 6) is 0. The van der Waals surface area contributed by atoms with Crippen LogP contribution in [0.4, 0.5) is 5.69 Å². The zero-order chi connectivity index (χ0) is 14.7. The molecule has 1 saturated carbocycles. The first-order valence-electron chi connectivity index (χ1n) is 8.21. The Morgan fingerprint density at radius 3 is 2.52 bits per heavy atom. The van der Waals surface area contributed by atoms with E-state index in [-0.39, 0.29) is 0 Å². The molecule has 0 atom stereocenters. The minimum absolute atomic E-state index is 0.429. The summed E-state index contributed by atoms with van der Waals surface area (Å²) >= 11 is 0. The molecule has 0 heterocycles. The molecule has 0 aromatic heterocycles. The fourth-order valence-corrected chi connectivity index (χ4v) is 3.54. The predicted molar refractivity (Wildman–Crippen MR) is 91.8 cm³/mol. The van der Waals surface area contributed by atoms with Gasteiger partial charge in [0, 0.05) is 24.2 Å². The molecule has 0 aliphatic heterocycles. The van der Waals surface area contributed by atoms with Crippen LogP contribution in [-0.2, 0) is 0 Å². The number of hydrogen-bond acceptors (Lipinski definition) is 2. The SMILES string of the molecule is CCN(CCC1(CN)CCC1)c1cccc2ccccc12. The Bertz CT molecular complexity index is 591. The van der Waals surface area contributed by atoms with Crippen LogP contribution in [0.25, 0.3) is 10.8 Å². The maximum atomic E-state index is 6.01. The molecular formula is C19H26N2. The average Bonchev–Trinajstić information content (AvgIpc) is 2.50. The van der Waals surface area contributed by atoms with Gasteiger partial charge in [-0.15, -0.1) is 0 Å². The van der Waals surface area contributed by atoms with Gasteiger partial charge in [0.25, 0.3) is 0 Å². The van der Waals surface area contributed by atoms with Gasteiger partial charge < -0.3 is 10.6 Å². The van der Waals surface area contributed by atoms with Crippen LogP contribution in [0.15, 0.2) is 42.5 Å². The highest BCUT2D eigenvalue weighted by Gasteiger charge is 2.35. The molecular weight excluding hydrogens is 256 g/mol. The molecule has 112 valence electrons. The normalized spacial score (nSPS) is 16.7. The van der Waals surface area contributed by atoms with Crippen molar-refractivity contribution in [3.63, 3.8) is 0 Å². The summed E-state index contributed by atoms with van der Waals surface area (Å²) in [5, 5.41) is 2.68. The molecule has 2 aromatic carbocycles. The molecule has 0 amide bonds. The van der Waals surface area contributed by atoms with Crippen molar-refractivity contribution >= 4 is 16.5 Å². The molecule has 1 fully saturated rings. The van der Waals surface area contributed by atoms with Gasteiger partial charge in [0.15, 0.2) is 0 Å². The molecule has 2 heteroatoms. The Balaban J connectivity index is 1.81. The first kappa shape index (κ1) is 14.4. The Morgan fingerprint density at radius 1 is 1.10 bits per heavy atom. The lowest BCUT2D eigenvalue weighted by molar-refractivity contribution is 0.133. The zero-order valence-electron chi connectivity index (χ0n) is 13.0. The molecule has 3 rings (SSSR count). The summed E-state index contributed by atoms with van der Waals surface area (Å²) in [6.45, 7) is 5.26. The molecule has 1 aliphatic carbocycles. The molecule has 2 nitrogen and oxygen atoms in total. The molecule has 0 spiro atoms. The number of rotatable bonds is 6. The summed E-state index contributed by atoms with van der Waals surface area (Å²) in [6, 6.07) is 15.3. The van der Waals surface area contributed by atoms with Gasteiger partial charge in [0.05, 0.1) is 0 Å². The van der Waals surface area contributed by atoms with E-state index in [1.165, 1.54) is 42.1 Å². The van der Waals surface area contributed by atoms with Gasteiger partial charge in [0.1, 0.15) is 0 Å². The highest BCUT2D eigenvalue weighted by molar-refractivity contribution is 5.94. The first-order valence-corrected chi connectivity index (χ1v) is 8.21. The minimum atomic E-state index is 0.429. The third kappa shape index (κ3) is 2.77. The molecule has 21 heavy (non-hydrogen) atoms.